The van der Waals surface area contributed by atoms with Gasteiger partial charge in [0.05, 0.1) is 16.5 Å². The van der Waals surface area contributed by atoms with E-state index in [0.717, 1.165) is 16.8 Å². The van der Waals surface area contributed by atoms with Crippen LogP contribution in [0.15, 0.2) is 35.2 Å². The van der Waals surface area contributed by atoms with Crippen LogP contribution in [0.2, 0.25) is 0 Å². The number of ether oxygens (including phenoxy) is 1. The fourth-order valence-electron chi connectivity index (χ4n) is 4.37. The summed E-state index contributed by atoms with van der Waals surface area (Å²) < 4.78 is 34.0. The van der Waals surface area contributed by atoms with Crippen LogP contribution in [0.4, 0.5) is 11.4 Å². The van der Waals surface area contributed by atoms with Gasteiger partial charge in [0, 0.05) is 24.8 Å². The van der Waals surface area contributed by atoms with Gasteiger partial charge in [-0.05, 0) is 63.3 Å². The molecule has 0 radical (unpaired) electrons. The average Bonchev–Trinajstić information content (AvgIpc) is 2.77. The van der Waals surface area contributed by atoms with Crippen LogP contribution in [0.5, 0.6) is 5.75 Å². The standard InChI is InChI=1S/C24H29N3O5S/c1-14-7-5-8-15(2)22(14)26-24(29)18-9-6-10-27(13-18)33(30,31)21-12-20-19(11-16(21)3)25-23(28)17(4)32-20/h5,7-8,11-12,17-18H,6,9-10,13H2,1-4H3,(H,25,28)(H,26,29)/t17-,18+/m1/s1. The maximum atomic E-state index is 13.5. The summed E-state index contributed by atoms with van der Waals surface area (Å²) >= 11 is 0. The SMILES string of the molecule is Cc1cc2c(cc1S(=O)(=O)N1CCC[C@H](C(=O)Nc3c(C)cccc3C)C1)O[C@H](C)C(=O)N2. The lowest BCUT2D eigenvalue weighted by atomic mass is 9.98. The number of fused-ring (bicyclic) bond motifs is 1. The van der Waals surface area contributed by atoms with Crippen molar-refractivity contribution in [1.82, 2.24) is 4.31 Å². The summed E-state index contributed by atoms with van der Waals surface area (Å²) in [7, 11) is -3.85. The molecule has 2 aromatic rings. The number of hydrogen-bond acceptors (Lipinski definition) is 5. The summed E-state index contributed by atoms with van der Waals surface area (Å²) in [5.41, 5.74) is 3.68. The number of amides is 2. The average molecular weight is 472 g/mol. The van der Waals surface area contributed by atoms with Gasteiger partial charge in [-0.2, -0.15) is 4.31 Å². The molecule has 2 N–H and O–H groups in total. The van der Waals surface area contributed by atoms with Crippen molar-refractivity contribution in [3.8, 4) is 5.75 Å². The fraction of sp³-hybridized carbons (Fsp3) is 0.417. The summed E-state index contributed by atoms with van der Waals surface area (Å²) in [6.07, 6.45) is 0.514. The monoisotopic (exact) mass is 471 g/mol. The molecular formula is C24H29N3O5S. The quantitative estimate of drug-likeness (QED) is 0.711. The molecule has 2 aliphatic heterocycles. The third kappa shape index (κ3) is 4.47. The predicted molar refractivity (Wildman–Crippen MR) is 126 cm³/mol. The number of para-hydroxylation sites is 1. The van der Waals surface area contributed by atoms with E-state index in [-0.39, 0.29) is 23.3 Å². The van der Waals surface area contributed by atoms with Crippen molar-refractivity contribution in [2.24, 2.45) is 5.92 Å². The minimum atomic E-state index is -3.85. The zero-order valence-electron chi connectivity index (χ0n) is 19.3. The first-order valence-corrected chi connectivity index (χ1v) is 12.5. The lowest BCUT2D eigenvalue weighted by molar-refractivity contribution is -0.123. The van der Waals surface area contributed by atoms with E-state index >= 15 is 0 Å². The van der Waals surface area contributed by atoms with Gasteiger partial charge >= 0.3 is 0 Å². The molecule has 1 fully saturated rings. The molecule has 0 unspecified atom stereocenters. The third-order valence-electron chi connectivity index (χ3n) is 6.31. The molecule has 1 saturated heterocycles. The Morgan fingerprint density at radius 2 is 1.85 bits per heavy atom. The number of benzene rings is 2. The number of anilines is 2. The van der Waals surface area contributed by atoms with E-state index in [4.69, 9.17) is 4.74 Å². The van der Waals surface area contributed by atoms with Gasteiger partial charge in [-0.3, -0.25) is 9.59 Å². The summed E-state index contributed by atoms with van der Waals surface area (Å²) in [6.45, 7) is 7.63. The Morgan fingerprint density at radius 3 is 2.55 bits per heavy atom. The second-order valence-corrected chi connectivity index (χ2v) is 10.7. The number of carbonyl (C=O) groups excluding carboxylic acids is 2. The summed E-state index contributed by atoms with van der Waals surface area (Å²) in [6, 6.07) is 8.89. The number of nitrogens with one attached hydrogen (secondary N) is 2. The Labute approximate surface area is 194 Å². The molecule has 0 aromatic heterocycles. The van der Waals surface area contributed by atoms with Crippen LogP contribution >= 0.6 is 0 Å². The second-order valence-electron chi connectivity index (χ2n) is 8.82. The van der Waals surface area contributed by atoms with E-state index in [2.05, 4.69) is 10.6 Å². The van der Waals surface area contributed by atoms with Gasteiger partial charge in [0.15, 0.2) is 6.10 Å². The van der Waals surface area contributed by atoms with Gasteiger partial charge in [-0.15, -0.1) is 0 Å². The number of hydrogen-bond donors (Lipinski definition) is 2. The molecule has 0 aliphatic carbocycles. The van der Waals surface area contributed by atoms with E-state index in [1.54, 1.807) is 19.9 Å². The largest absolute Gasteiger partial charge is 0.479 e. The molecule has 0 saturated carbocycles. The van der Waals surface area contributed by atoms with E-state index < -0.39 is 22.0 Å². The predicted octanol–water partition coefficient (Wildman–Crippen LogP) is 3.37. The van der Waals surface area contributed by atoms with Crippen molar-refractivity contribution in [1.29, 1.82) is 0 Å². The van der Waals surface area contributed by atoms with Gasteiger partial charge in [0.1, 0.15) is 5.75 Å². The Morgan fingerprint density at radius 1 is 1.15 bits per heavy atom. The van der Waals surface area contributed by atoms with Crippen molar-refractivity contribution in [2.75, 3.05) is 23.7 Å². The maximum absolute atomic E-state index is 13.5. The lowest BCUT2D eigenvalue weighted by Crippen LogP contribution is -2.44. The smallest absolute Gasteiger partial charge is 0.265 e. The number of nitrogens with zero attached hydrogens (tertiary/aromatic N) is 1. The first-order chi connectivity index (χ1) is 15.6. The molecule has 0 spiro atoms. The van der Waals surface area contributed by atoms with Gasteiger partial charge in [-0.1, -0.05) is 18.2 Å². The Bertz CT molecular complexity index is 1200. The molecule has 33 heavy (non-hydrogen) atoms. The van der Waals surface area contributed by atoms with Crippen LogP contribution in [0.25, 0.3) is 0 Å². The number of sulfonamides is 1. The van der Waals surface area contributed by atoms with Crippen LogP contribution in [0, 0.1) is 26.7 Å². The van der Waals surface area contributed by atoms with Crippen LogP contribution in [-0.4, -0.2) is 43.7 Å². The molecule has 2 heterocycles. The van der Waals surface area contributed by atoms with E-state index in [1.165, 1.54) is 10.4 Å². The van der Waals surface area contributed by atoms with Gasteiger partial charge < -0.3 is 15.4 Å². The van der Waals surface area contributed by atoms with E-state index in [1.807, 2.05) is 32.0 Å². The molecule has 4 rings (SSSR count). The molecule has 2 aliphatic rings. The van der Waals surface area contributed by atoms with Crippen molar-refractivity contribution in [2.45, 2.75) is 51.5 Å². The molecule has 2 amide bonds. The normalized spacial score (nSPS) is 21.0. The highest BCUT2D eigenvalue weighted by Crippen LogP contribution is 2.36. The van der Waals surface area contributed by atoms with E-state index in [0.29, 0.717) is 36.4 Å². The van der Waals surface area contributed by atoms with Crippen molar-refractivity contribution >= 4 is 33.2 Å². The third-order valence-corrected chi connectivity index (χ3v) is 8.32. The Balaban J connectivity index is 1.56. The highest BCUT2D eigenvalue weighted by Gasteiger charge is 2.35. The molecule has 0 bridgehead atoms. The minimum Gasteiger partial charge on any atom is -0.479 e. The Hall–Kier alpha value is -2.91. The zero-order chi connectivity index (χ0) is 23.9. The highest BCUT2D eigenvalue weighted by atomic mass is 32.2. The maximum Gasteiger partial charge on any atom is 0.265 e. The molecule has 2 atom stereocenters. The number of piperidine rings is 1. The van der Waals surface area contributed by atoms with Crippen LogP contribution in [0.1, 0.15) is 36.5 Å². The Kier molecular flexibility index (Phi) is 6.20. The van der Waals surface area contributed by atoms with Crippen LogP contribution < -0.4 is 15.4 Å². The van der Waals surface area contributed by atoms with Gasteiger partial charge in [0.2, 0.25) is 15.9 Å². The van der Waals surface area contributed by atoms with Crippen molar-refractivity contribution < 1.29 is 22.7 Å². The van der Waals surface area contributed by atoms with E-state index in [9.17, 15) is 18.0 Å². The van der Waals surface area contributed by atoms with Crippen LogP contribution in [-0.2, 0) is 19.6 Å². The topological polar surface area (TPSA) is 105 Å². The highest BCUT2D eigenvalue weighted by molar-refractivity contribution is 7.89. The minimum absolute atomic E-state index is 0.115. The van der Waals surface area contributed by atoms with Crippen molar-refractivity contribution in [3.05, 3.63) is 47.0 Å². The number of rotatable bonds is 4. The fourth-order valence-corrected chi connectivity index (χ4v) is 6.12. The number of aryl methyl sites for hydroxylation is 3. The zero-order valence-corrected chi connectivity index (χ0v) is 20.1. The second kappa shape index (κ2) is 8.79. The van der Waals surface area contributed by atoms with Crippen molar-refractivity contribution in [3.63, 3.8) is 0 Å². The molecule has 9 heteroatoms. The van der Waals surface area contributed by atoms with Gasteiger partial charge in [0.25, 0.3) is 5.91 Å². The molecule has 8 nitrogen and oxygen atoms in total. The first kappa shape index (κ1) is 23.3. The summed E-state index contributed by atoms with van der Waals surface area (Å²) in [4.78, 5) is 25.0. The molecular weight excluding hydrogens is 442 g/mol. The number of carbonyl (C=O) groups is 2. The molecule has 2 aromatic carbocycles. The molecule has 176 valence electrons. The summed E-state index contributed by atoms with van der Waals surface area (Å²) in [5.74, 6) is -0.561. The first-order valence-electron chi connectivity index (χ1n) is 11.1. The van der Waals surface area contributed by atoms with Gasteiger partial charge in [-0.25, -0.2) is 8.42 Å². The lowest BCUT2D eigenvalue weighted by Gasteiger charge is -2.32. The summed E-state index contributed by atoms with van der Waals surface area (Å²) in [5, 5.41) is 5.74. The van der Waals surface area contributed by atoms with Crippen LogP contribution in [0.3, 0.4) is 0 Å².